The third-order valence-corrected chi connectivity index (χ3v) is 2.39. The molecule has 2 aromatic heterocycles. The molecule has 0 saturated heterocycles. The molecule has 0 aliphatic heterocycles. The Morgan fingerprint density at radius 1 is 1.47 bits per heavy atom. The molecule has 0 saturated carbocycles. The van der Waals surface area contributed by atoms with Crippen molar-refractivity contribution >= 4 is 28.9 Å². The molecule has 88 valence electrons. The van der Waals surface area contributed by atoms with Crippen LogP contribution in [-0.4, -0.2) is 20.7 Å². The summed E-state index contributed by atoms with van der Waals surface area (Å²) in [5.41, 5.74) is 6.81. The van der Waals surface area contributed by atoms with Gasteiger partial charge >= 0.3 is 0 Å². The average Bonchev–Trinajstić information content (AvgIpc) is 2.62. The van der Waals surface area contributed by atoms with Gasteiger partial charge < -0.3 is 11.1 Å². The lowest BCUT2D eigenvalue weighted by Gasteiger charge is -2.05. The summed E-state index contributed by atoms with van der Waals surface area (Å²) in [6.45, 7) is 0. The Balaban J connectivity index is 2.20. The highest BCUT2D eigenvalue weighted by Crippen LogP contribution is 2.14. The summed E-state index contributed by atoms with van der Waals surface area (Å²) in [6, 6.07) is 3.24. The van der Waals surface area contributed by atoms with Gasteiger partial charge in [0.05, 0.1) is 23.8 Å². The van der Waals surface area contributed by atoms with E-state index >= 15 is 0 Å². The number of nitrogens with two attached hydrogens (primary N) is 1. The summed E-state index contributed by atoms with van der Waals surface area (Å²) in [5, 5.41) is 6.90. The molecule has 0 aliphatic carbocycles. The second-order valence-electron chi connectivity index (χ2n) is 3.40. The molecule has 0 fully saturated rings. The number of aryl methyl sites for hydroxylation is 1. The summed E-state index contributed by atoms with van der Waals surface area (Å²) in [4.78, 5) is 15.7. The minimum atomic E-state index is -0.341. The molecular weight excluding hydrogens is 242 g/mol. The molecule has 1 amide bonds. The second kappa shape index (κ2) is 4.42. The molecule has 0 unspecified atom stereocenters. The number of pyridine rings is 1. The monoisotopic (exact) mass is 251 g/mol. The lowest BCUT2D eigenvalue weighted by molar-refractivity contribution is 0.101. The zero-order valence-corrected chi connectivity index (χ0v) is 9.77. The van der Waals surface area contributed by atoms with Crippen LogP contribution in [0.5, 0.6) is 0 Å². The van der Waals surface area contributed by atoms with Crippen molar-refractivity contribution in [3.8, 4) is 0 Å². The largest absolute Gasteiger partial charge is 0.396 e. The number of nitrogen functional groups attached to an aromatic ring is 1. The molecule has 0 radical (unpaired) electrons. The Morgan fingerprint density at radius 3 is 2.76 bits per heavy atom. The maximum atomic E-state index is 11.9. The number of hydrogen-bond donors (Lipinski definition) is 2. The molecule has 0 aliphatic rings. The molecular formula is C10H10ClN5O. The number of aromatic nitrogens is 3. The van der Waals surface area contributed by atoms with Crippen molar-refractivity contribution in [2.45, 2.75) is 0 Å². The van der Waals surface area contributed by atoms with Crippen LogP contribution in [0.3, 0.4) is 0 Å². The van der Waals surface area contributed by atoms with Crippen molar-refractivity contribution in [3.63, 3.8) is 0 Å². The van der Waals surface area contributed by atoms with E-state index in [2.05, 4.69) is 15.4 Å². The van der Waals surface area contributed by atoms with Gasteiger partial charge in [0.15, 0.2) is 0 Å². The van der Waals surface area contributed by atoms with Gasteiger partial charge in [0.1, 0.15) is 10.8 Å². The van der Waals surface area contributed by atoms with E-state index in [0.717, 1.165) is 0 Å². The van der Waals surface area contributed by atoms with Gasteiger partial charge in [-0.05, 0) is 12.1 Å². The smallest absolute Gasteiger partial charge is 0.276 e. The van der Waals surface area contributed by atoms with Crippen LogP contribution in [0.2, 0.25) is 5.15 Å². The zero-order chi connectivity index (χ0) is 12.4. The van der Waals surface area contributed by atoms with Gasteiger partial charge in [0.25, 0.3) is 5.91 Å². The van der Waals surface area contributed by atoms with Gasteiger partial charge in [0, 0.05) is 7.05 Å². The number of halogens is 1. The molecule has 2 heterocycles. The molecule has 0 spiro atoms. The van der Waals surface area contributed by atoms with Crippen molar-refractivity contribution in [1.29, 1.82) is 0 Å². The van der Waals surface area contributed by atoms with E-state index in [1.54, 1.807) is 19.2 Å². The number of anilines is 2. The SMILES string of the molecule is Cn1ncc(N)c1C(=O)Nc1ccc(Cl)nc1. The van der Waals surface area contributed by atoms with Crippen LogP contribution in [-0.2, 0) is 7.05 Å². The van der Waals surface area contributed by atoms with Crippen LogP contribution in [0.1, 0.15) is 10.5 Å². The molecule has 0 bridgehead atoms. The summed E-state index contributed by atoms with van der Waals surface area (Å²) in [6.07, 6.45) is 2.89. The van der Waals surface area contributed by atoms with E-state index < -0.39 is 0 Å². The Hall–Kier alpha value is -2.08. The van der Waals surface area contributed by atoms with Gasteiger partial charge in [-0.15, -0.1) is 0 Å². The van der Waals surface area contributed by atoms with Crippen LogP contribution >= 0.6 is 11.6 Å². The van der Waals surface area contributed by atoms with E-state index in [4.69, 9.17) is 17.3 Å². The number of carbonyl (C=O) groups is 1. The molecule has 2 rings (SSSR count). The zero-order valence-electron chi connectivity index (χ0n) is 9.01. The topological polar surface area (TPSA) is 85.8 Å². The first-order chi connectivity index (χ1) is 8.08. The Morgan fingerprint density at radius 2 is 2.24 bits per heavy atom. The number of hydrogen-bond acceptors (Lipinski definition) is 4. The number of nitrogens with one attached hydrogen (secondary N) is 1. The summed E-state index contributed by atoms with van der Waals surface area (Å²) in [5.74, 6) is -0.341. The molecule has 0 aromatic carbocycles. The van der Waals surface area contributed by atoms with Crippen molar-refractivity contribution in [2.75, 3.05) is 11.1 Å². The normalized spacial score (nSPS) is 10.2. The number of nitrogens with zero attached hydrogens (tertiary/aromatic N) is 3. The third kappa shape index (κ3) is 2.36. The van der Waals surface area contributed by atoms with Crippen LogP contribution in [0.15, 0.2) is 24.5 Å². The molecule has 6 nitrogen and oxygen atoms in total. The van der Waals surface area contributed by atoms with Gasteiger partial charge in [0.2, 0.25) is 0 Å². The maximum Gasteiger partial charge on any atom is 0.276 e. The Kier molecular flexibility index (Phi) is 2.97. The lowest BCUT2D eigenvalue weighted by atomic mass is 10.3. The fourth-order valence-corrected chi connectivity index (χ4v) is 1.48. The van der Waals surface area contributed by atoms with E-state index in [9.17, 15) is 4.79 Å². The quantitative estimate of drug-likeness (QED) is 0.788. The fraction of sp³-hybridized carbons (Fsp3) is 0.100. The highest BCUT2D eigenvalue weighted by molar-refractivity contribution is 6.29. The number of rotatable bonds is 2. The van der Waals surface area contributed by atoms with Crippen molar-refractivity contribution < 1.29 is 4.79 Å². The third-order valence-electron chi connectivity index (χ3n) is 2.17. The molecule has 17 heavy (non-hydrogen) atoms. The molecule has 3 N–H and O–H groups in total. The van der Waals surface area contributed by atoms with Crippen molar-refractivity contribution in [1.82, 2.24) is 14.8 Å². The predicted molar refractivity (Wildman–Crippen MR) is 64.8 cm³/mol. The van der Waals surface area contributed by atoms with Gasteiger partial charge in [-0.25, -0.2) is 4.98 Å². The Bertz CT molecular complexity index is 529. The van der Waals surface area contributed by atoms with E-state index in [0.29, 0.717) is 22.2 Å². The first kappa shape index (κ1) is 11.4. The summed E-state index contributed by atoms with van der Waals surface area (Å²) >= 11 is 5.64. The number of amides is 1. The minimum absolute atomic E-state index is 0.306. The van der Waals surface area contributed by atoms with Crippen molar-refractivity contribution in [2.24, 2.45) is 7.05 Å². The van der Waals surface area contributed by atoms with Gasteiger partial charge in [-0.1, -0.05) is 11.6 Å². The second-order valence-corrected chi connectivity index (χ2v) is 3.78. The summed E-state index contributed by atoms with van der Waals surface area (Å²) < 4.78 is 1.41. The molecule has 7 heteroatoms. The standard InChI is InChI=1S/C10H10ClN5O/c1-16-9(7(12)5-14-16)10(17)15-6-2-3-8(11)13-4-6/h2-5H,12H2,1H3,(H,15,17). The maximum absolute atomic E-state index is 11.9. The van der Waals surface area contributed by atoms with Gasteiger partial charge in [-0.3, -0.25) is 9.48 Å². The summed E-state index contributed by atoms with van der Waals surface area (Å²) in [7, 11) is 1.64. The van der Waals surface area contributed by atoms with Crippen LogP contribution < -0.4 is 11.1 Å². The van der Waals surface area contributed by atoms with E-state index in [1.165, 1.54) is 17.1 Å². The molecule has 0 atom stereocenters. The van der Waals surface area contributed by atoms with Crippen LogP contribution in [0.4, 0.5) is 11.4 Å². The van der Waals surface area contributed by atoms with Crippen LogP contribution in [0.25, 0.3) is 0 Å². The molecule has 2 aromatic rings. The first-order valence-corrected chi connectivity index (χ1v) is 5.16. The minimum Gasteiger partial charge on any atom is -0.396 e. The highest BCUT2D eigenvalue weighted by Gasteiger charge is 2.14. The predicted octanol–water partition coefficient (Wildman–Crippen LogP) is 1.30. The fourth-order valence-electron chi connectivity index (χ4n) is 1.37. The van der Waals surface area contributed by atoms with E-state index in [-0.39, 0.29) is 5.91 Å². The lowest BCUT2D eigenvalue weighted by Crippen LogP contribution is -2.17. The first-order valence-electron chi connectivity index (χ1n) is 4.78. The van der Waals surface area contributed by atoms with Crippen LogP contribution in [0, 0.1) is 0 Å². The average molecular weight is 252 g/mol. The Labute approximate surface area is 102 Å². The van der Waals surface area contributed by atoms with Crippen molar-refractivity contribution in [3.05, 3.63) is 35.4 Å². The van der Waals surface area contributed by atoms with Gasteiger partial charge in [-0.2, -0.15) is 5.10 Å². The van der Waals surface area contributed by atoms with E-state index in [1.807, 2.05) is 0 Å². The number of carbonyl (C=O) groups excluding carboxylic acids is 1. The highest BCUT2D eigenvalue weighted by atomic mass is 35.5.